The molecule has 0 saturated heterocycles. The molecule has 0 saturated carbocycles. The highest BCUT2D eigenvalue weighted by Crippen LogP contribution is 2.29. The number of rotatable bonds is 8. The molecule has 0 bridgehead atoms. The highest BCUT2D eigenvalue weighted by Gasteiger charge is 2.23. The van der Waals surface area contributed by atoms with Crippen molar-refractivity contribution in [3.05, 3.63) is 58.6 Å². The summed E-state index contributed by atoms with van der Waals surface area (Å²) in [4.78, 5) is 23.1. The minimum atomic E-state index is -0.756. The third-order valence-corrected chi connectivity index (χ3v) is 3.42. The first kappa shape index (κ1) is 18.3. The van der Waals surface area contributed by atoms with Crippen molar-refractivity contribution in [1.29, 1.82) is 0 Å². The number of ether oxygens (including phenoxy) is 2. The van der Waals surface area contributed by atoms with Gasteiger partial charge in [0.15, 0.2) is 6.10 Å². The number of anilines is 1. The van der Waals surface area contributed by atoms with Crippen molar-refractivity contribution in [3.63, 3.8) is 0 Å². The van der Waals surface area contributed by atoms with Crippen LogP contribution in [0.25, 0.3) is 0 Å². The zero-order valence-electron chi connectivity index (χ0n) is 14.1. The Morgan fingerprint density at radius 3 is 2.48 bits per heavy atom. The lowest BCUT2D eigenvalue weighted by Gasteiger charge is -2.17. The van der Waals surface area contributed by atoms with Gasteiger partial charge in [-0.05, 0) is 37.6 Å². The van der Waals surface area contributed by atoms with Crippen LogP contribution in [0.3, 0.4) is 0 Å². The van der Waals surface area contributed by atoms with Gasteiger partial charge in [-0.15, -0.1) is 0 Å². The number of amides is 1. The lowest BCUT2D eigenvalue weighted by Crippen LogP contribution is -2.32. The fraction of sp³-hybridized carbons (Fsp3) is 0.278. The van der Waals surface area contributed by atoms with E-state index in [-0.39, 0.29) is 11.4 Å². The van der Waals surface area contributed by atoms with E-state index in [1.54, 1.807) is 44.2 Å². The van der Waals surface area contributed by atoms with Gasteiger partial charge in [0.2, 0.25) is 0 Å². The number of carbonyl (C=O) groups is 1. The summed E-state index contributed by atoms with van der Waals surface area (Å²) in [6.45, 7) is 3.99. The van der Waals surface area contributed by atoms with Gasteiger partial charge < -0.3 is 14.8 Å². The van der Waals surface area contributed by atoms with Crippen molar-refractivity contribution in [2.24, 2.45) is 0 Å². The molecule has 0 aliphatic heterocycles. The SMILES string of the molecule is CCOc1ccc(NC(=O)[C@@H](CC)Oc2ccccc2)c([N+](=O)[O-])c1. The number of nitro groups is 1. The maximum atomic E-state index is 12.4. The molecule has 2 rings (SSSR count). The topological polar surface area (TPSA) is 90.7 Å². The van der Waals surface area contributed by atoms with Crippen molar-refractivity contribution in [2.45, 2.75) is 26.4 Å². The summed E-state index contributed by atoms with van der Waals surface area (Å²) in [6.07, 6.45) is -0.334. The van der Waals surface area contributed by atoms with Crippen LogP contribution in [-0.4, -0.2) is 23.5 Å². The highest BCUT2D eigenvalue weighted by atomic mass is 16.6. The second kappa shape index (κ2) is 8.68. The molecule has 0 aliphatic carbocycles. The van der Waals surface area contributed by atoms with Crippen LogP contribution in [0.1, 0.15) is 20.3 Å². The summed E-state index contributed by atoms with van der Waals surface area (Å²) >= 11 is 0. The van der Waals surface area contributed by atoms with Crippen LogP contribution in [0, 0.1) is 10.1 Å². The van der Waals surface area contributed by atoms with Crippen LogP contribution < -0.4 is 14.8 Å². The molecular weight excluding hydrogens is 324 g/mol. The molecule has 25 heavy (non-hydrogen) atoms. The van der Waals surface area contributed by atoms with Gasteiger partial charge in [0.25, 0.3) is 11.6 Å². The lowest BCUT2D eigenvalue weighted by atomic mass is 10.2. The van der Waals surface area contributed by atoms with Crippen LogP contribution in [0.5, 0.6) is 11.5 Å². The van der Waals surface area contributed by atoms with E-state index in [1.165, 1.54) is 12.1 Å². The summed E-state index contributed by atoms with van der Waals surface area (Å²) in [7, 11) is 0. The predicted molar refractivity (Wildman–Crippen MR) is 94.0 cm³/mol. The molecule has 1 amide bonds. The number of para-hydroxylation sites is 1. The maximum Gasteiger partial charge on any atom is 0.296 e. The molecule has 132 valence electrons. The Balaban J connectivity index is 2.16. The summed E-state index contributed by atoms with van der Waals surface area (Å²) in [5.41, 5.74) is -0.123. The number of nitrogens with zero attached hydrogens (tertiary/aromatic N) is 1. The van der Waals surface area contributed by atoms with E-state index in [9.17, 15) is 14.9 Å². The third-order valence-electron chi connectivity index (χ3n) is 3.42. The zero-order valence-corrected chi connectivity index (χ0v) is 14.1. The van der Waals surface area contributed by atoms with Gasteiger partial charge in [-0.25, -0.2) is 0 Å². The molecule has 2 aromatic rings. The van der Waals surface area contributed by atoms with E-state index in [0.29, 0.717) is 24.5 Å². The zero-order chi connectivity index (χ0) is 18.2. The molecule has 2 aromatic carbocycles. The van der Waals surface area contributed by atoms with Crippen LogP contribution >= 0.6 is 0 Å². The molecule has 0 heterocycles. The fourth-order valence-electron chi connectivity index (χ4n) is 2.22. The fourth-order valence-corrected chi connectivity index (χ4v) is 2.22. The predicted octanol–water partition coefficient (Wildman–Crippen LogP) is 3.79. The summed E-state index contributed by atoms with van der Waals surface area (Å²) in [6, 6.07) is 13.3. The van der Waals surface area contributed by atoms with E-state index >= 15 is 0 Å². The molecule has 7 nitrogen and oxygen atoms in total. The van der Waals surface area contributed by atoms with Crippen molar-refractivity contribution in [3.8, 4) is 11.5 Å². The quantitative estimate of drug-likeness (QED) is 0.581. The number of hydrogen-bond donors (Lipinski definition) is 1. The Bertz CT molecular complexity index is 734. The minimum absolute atomic E-state index is 0.105. The Hall–Kier alpha value is -3.09. The average molecular weight is 344 g/mol. The van der Waals surface area contributed by atoms with E-state index in [1.807, 2.05) is 6.07 Å². The number of hydrogen-bond acceptors (Lipinski definition) is 5. The van der Waals surface area contributed by atoms with E-state index < -0.39 is 16.9 Å². The molecule has 1 atom stereocenters. The second-order valence-electron chi connectivity index (χ2n) is 5.19. The molecule has 0 fully saturated rings. The lowest BCUT2D eigenvalue weighted by molar-refractivity contribution is -0.384. The van der Waals surface area contributed by atoms with Gasteiger partial charge in [-0.1, -0.05) is 25.1 Å². The van der Waals surface area contributed by atoms with Crippen LogP contribution in [-0.2, 0) is 4.79 Å². The van der Waals surface area contributed by atoms with E-state index in [0.717, 1.165) is 0 Å². The van der Waals surface area contributed by atoms with Gasteiger partial charge in [-0.3, -0.25) is 14.9 Å². The molecule has 0 aliphatic rings. The number of benzene rings is 2. The minimum Gasteiger partial charge on any atom is -0.494 e. The summed E-state index contributed by atoms with van der Waals surface area (Å²) < 4.78 is 10.9. The standard InChI is InChI=1S/C18H20N2O5/c1-3-17(25-13-8-6-5-7-9-13)18(21)19-15-11-10-14(24-4-2)12-16(15)20(22)23/h5-12,17H,3-4H2,1-2H3,(H,19,21)/t17-/m1/s1. The highest BCUT2D eigenvalue weighted by molar-refractivity contribution is 5.96. The molecule has 0 unspecified atom stereocenters. The first-order valence-corrected chi connectivity index (χ1v) is 7.99. The van der Waals surface area contributed by atoms with Gasteiger partial charge in [0, 0.05) is 0 Å². The first-order valence-electron chi connectivity index (χ1n) is 7.99. The van der Waals surface area contributed by atoms with Crippen LogP contribution in [0.4, 0.5) is 11.4 Å². The normalized spacial score (nSPS) is 11.4. The van der Waals surface area contributed by atoms with E-state index in [4.69, 9.17) is 9.47 Å². The molecule has 7 heteroatoms. The second-order valence-corrected chi connectivity index (χ2v) is 5.19. The van der Waals surface area contributed by atoms with Crippen molar-refractivity contribution < 1.29 is 19.2 Å². The van der Waals surface area contributed by atoms with Gasteiger partial charge in [0.05, 0.1) is 17.6 Å². The maximum absolute atomic E-state index is 12.4. The number of carbonyl (C=O) groups excluding carboxylic acids is 1. The molecule has 1 N–H and O–H groups in total. The van der Waals surface area contributed by atoms with Crippen LogP contribution in [0.15, 0.2) is 48.5 Å². The Labute approximate surface area is 145 Å². The first-order chi connectivity index (χ1) is 12.0. The van der Waals surface area contributed by atoms with Gasteiger partial charge >= 0.3 is 0 Å². The number of nitrogens with one attached hydrogen (secondary N) is 1. The largest absolute Gasteiger partial charge is 0.494 e. The smallest absolute Gasteiger partial charge is 0.296 e. The number of nitro benzene ring substituents is 1. The Kier molecular flexibility index (Phi) is 6.33. The average Bonchev–Trinajstić information content (AvgIpc) is 2.61. The van der Waals surface area contributed by atoms with Gasteiger partial charge in [-0.2, -0.15) is 0 Å². The molecule has 0 spiro atoms. The summed E-state index contributed by atoms with van der Waals surface area (Å²) in [5, 5.41) is 13.8. The van der Waals surface area contributed by atoms with Crippen molar-refractivity contribution in [1.82, 2.24) is 0 Å². The Morgan fingerprint density at radius 1 is 1.16 bits per heavy atom. The molecule has 0 radical (unpaired) electrons. The molecular formula is C18H20N2O5. The molecule has 0 aromatic heterocycles. The Morgan fingerprint density at radius 2 is 1.88 bits per heavy atom. The van der Waals surface area contributed by atoms with Gasteiger partial charge in [0.1, 0.15) is 17.2 Å². The van der Waals surface area contributed by atoms with Crippen molar-refractivity contribution >= 4 is 17.3 Å². The monoisotopic (exact) mass is 344 g/mol. The van der Waals surface area contributed by atoms with E-state index in [2.05, 4.69) is 5.32 Å². The summed E-state index contributed by atoms with van der Waals surface area (Å²) in [5.74, 6) is 0.490. The van der Waals surface area contributed by atoms with Crippen LogP contribution in [0.2, 0.25) is 0 Å². The third kappa shape index (κ3) is 4.94. The van der Waals surface area contributed by atoms with Crippen molar-refractivity contribution in [2.75, 3.05) is 11.9 Å².